The van der Waals surface area contributed by atoms with Crippen LogP contribution in [-0.4, -0.2) is 48.7 Å². The number of aryl methyl sites for hydroxylation is 2. The average Bonchev–Trinajstić information content (AvgIpc) is 3.15. The number of hydrogen-bond donors (Lipinski definition) is 1. The maximum atomic E-state index is 12.9. The summed E-state index contributed by atoms with van der Waals surface area (Å²) in [5.41, 5.74) is 4.11. The molecule has 0 radical (unpaired) electrons. The molecule has 1 fully saturated rings. The summed E-state index contributed by atoms with van der Waals surface area (Å²) in [6, 6.07) is 15.3. The summed E-state index contributed by atoms with van der Waals surface area (Å²) in [4.78, 5) is 17.8. The first-order valence-corrected chi connectivity index (χ1v) is 11.1. The molecule has 7 heteroatoms. The zero-order valence-electron chi connectivity index (χ0n) is 18.9. The fraction of sp³-hybridized carbons (Fsp3) is 0.360. The summed E-state index contributed by atoms with van der Waals surface area (Å²) < 4.78 is 11.1. The SMILES string of the molecule is CCN1CCN(c2ccc(NC(=O)c3ccccc3OCc3c(C)noc3C)cc2)CC1. The number of anilines is 2. The fourth-order valence-corrected chi connectivity index (χ4v) is 3.91. The van der Waals surface area contributed by atoms with Crippen LogP contribution in [-0.2, 0) is 6.61 Å². The van der Waals surface area contributed by atoms with Crippen molar-refractivity contribution in [3.05, 3.63) is 71.1 Å². The predicted molar refractivity (Wildman–Crippen MR) is 125 cm³/mol. The summed E-state index contributed by atoms with van der Waals surface area (Å²) >= 11 is 0. The number of rotatable bonds is 7. The van der Waals surface area contributed by atoms with Crippen LogP contribution in [0.2, 0.25) is 0 Å². The molecule has 4 rings (SSSR count). The standard InChI is InChI=1S/C25H30N4O3/c1-4-28-13-15-29(16-14-28)21-11-9-20(10-12-21)26-25(30)22-7-5-6-8-24(22)31-17-23-18(2)27-32-19(23)3/h5-12H,4,13-17H2,1-3H3,(H,26,30). The third-order valence-electron chi connectivity index (χ3n) is 5.99. The van der Waals surface area contributed by atoms with Crippen LogP contribution >= 0.6 is 0 Å². The van der Waals surface area contributed by atoms with Crippen molar-refractivity contribution in [3.8, 4) is 5.75 Å². The van der Waals surface area contributed by atoms with Gasteiger partial charge >= 0.3 is 0 Å². The number of para-hydroxylation sites is 1. The quantitative estimate of drug-likeness (QED) is 0.599. The molecular formula is C25H30N4O3. The van der Waals surface area contributed by atoms with Gasteiger partial charge in [0.05, 0.1) is 16.8 Å². The molecule has 3 aromatic rings. The van der Waals surface area contributed by atoms with Gasteiger partial charge in [0.25, 0.3) is 5.91 Å². The first-order chi connectivity index (χ1) is 15.5. The van der Waals surface area contributed by atoms with Crippen molar-refractivity contribution in [2.75, 3.05) is 42.9 Å². The number of amides is 1. The van der Waals surface area contributed by atoms with E-state index >= 15 is 0 Å². The molecule has 0 saturated carbocycles. The van der Waals surface area contributed by atoms with Gasteiger partial charge in [0, 0.05) is 37.6 Å². The van der Waals surface area contributed by atoms with Gasteiger partial charge in [0.1, 0.15) is 18.1 Å². The first kappa shape index (κ1) is 21.9. The minimum Gasteiger partial charge on any atom is -0.488 e. The molecule has 32 heavy (non-hydrogen) atoms. The molecule has 168 valence electrons. The maximum absolute atomic E-state index is 12.9. The highest BCUT2D eigenvalue weighted by atomic mass is 16.5. The molecule has 1 amide bonds. The molecule has 2 aromatic carbocycles. The normalized spacial score (nSPS) is 14.4. The second-order valence-corrected chi connectivity index (χ2v) is 8.01. The number of ether oxygens (including phenoxy) is 1. The molecular weight excluding hydrogens is 404 g/mol. The van der Waals surface area contributed by atoms with E-state index < -0.39 is 0 Å². The van der Waals surface area contributed by atoms with Crippen molar-refractivity contribution in [1.29, 1.82) is 0 Å². The van der Waals surface area contributed by atoms with Crippen molar-refractivity contribution < 1.29 is 14.1 Å². The van der Waals surface area contributed by atoms with E-state index in [1.165, 1.54) is 5.69 Å². The van der Waals surface area contributed by atoms with E-state index in [-0.39, 0.29) is 5.91 Å². The zero-order chi connectivity index (χ0) is 22.5. The highest BCUT2D eigenvalue weighted by Gasteiger charge is 2.17. The van der Waals surface area contributed by atoms with E-state index in [9.17, 15) is 4.79 Å². The lowest BCUT2D eigenvalue weighted by Gasteiger charge is -2.35. The number of likely N-dealkylation sites (N-methyl/N-ethyl adjacent to an activating group) is 1. The molecule has 0 spiro atoms. The Morgan fingerprint density at radius 3 is 2.44 bits per heavy atom. The number of hydrogen-bond acceptors (Lipinski definition) is 6. The lowest BCUT2D eigenvalue weighted by atomic mass is 10.1. The van der Waals surface area contributed by atoms with E-state index in [0.29, 0.717) is 17.9 Å². The average molecular weight is 435 g/mol. The van der Waals surface area contributed by atoms with Gasteiger partial charge in [0.2, 0.25) is 0 Å². The summed E-state index contributed by atoms with van der Waals surface area (Å²) in [6.45, 7) is 11.5. The Morgan fingerprint density at radius 1 is 1.06 bits per heavy atom. The molecule has 0 bridgehead atoms. The van der Waals surface area contributed by atoms with Crippen LogP contribution in [0, 0.1) is 13.8 Å². The monoisotopic (exact) mass is 434 g/mol. The third kappa shape index (κ3) is 4.94. The van der Waals surface area contributed by atoms with Crippen LogP contribution in [0.3, 0.4) is 0 Å². The van der Waals surface area contributed by atoms with Crippen LogP contribution in [0.1, 0.15) is 34.3 Å². The highest BCUT2D eigenvalue weighted by molar-refractivity contribution is 6.06. The first-order valence-electron chi connectivity index (χ1n) is 11.1. The number of carbonyl (C=O) groups excluding carboxylic acids is 1. The number of aromatic nitrogens is 1. The van der Waals surface area contributed by atoms with Gasteiger partial charge in [-0.25, -0.2) is 0 Å². The molecule has 1 aliphatic heterocycles. The molecule has 0 atom stereocenters. The van der Waals surface area contributed by atoms with Crippen molar-refractivity contribution in [1.82, 2.24) is 10.1 Å². The molecule has 1 saturated heterocycles. The number of benzene rings is 2. The summed E-state index contributed by atoms with van der Waals surface area (Å²) in [5.74, 6) is 1.04. The lowest BCUT2D eigenvalue weighted by molar-refractivity contribution is 0.102. The second-order valence-electron chi connectivity index (χ2n) is 8.01. The Labute approximate surface area is 188 Å². The maximum Gasteiger partial charge on any atom is 0.259 e. The fourth-order valence-electron chi connectivity index (χ4n) is 3.91. The topological polar surface area (TPSA) is 70.8 Å². The summed E-state index contributed by atoms with van der Waals surface area (Å²) in [6.07, 6.45) is 0. The Hall–Kier alpha value is -3.32. The lowest BCUT2D eigenvalue weighted by Crippen LogP contribution is -2.46. The van der Waals surface area contributed by atoms with Crippen LogP contribution in [0.25, 0.3) is 0 Å². The Bertz CT molecular complexity index is 1030. The van der Waals surface area contributed by atoms with Gasteiger partial charge in [-0.3, -0.25) is 4.79 Å². The van der Waals surface area contributed by atoms with Gasteiger partial charge in [-0.15, -0.1) is 0 Å². The Kier molecular flexibility index (Phi) is 6.75. The number of nitrogens with zero attached hydrogens (tertiary/aromatic N) is 3. The van der Waals surface area contributed by atoms with E-state index in [2.05, 4.69) is 39.3 Å². The van der Waals surface area contributed by atoms with E-state index in [1.54, 1.807) is 12.1 Å². The van der Waals surface area contributed by atoms with Crippen LogP contribution in [0.4, 0.5) is 11.4 Å². The number of piperazine rings is 1. The summed E-state index contributed by atoms with van der Waals surface area (Å²) in [7, 11) is 0. The zero-order valence-corrected chi connectivity index (χ0v) is 18.9. The van der Waals surface area contributed by atoms with Gasteiger partial charge in [-0.05, 0) is 56.8 Å². The largest absolute Gasteiger partial charge is 0.488 e. The smallest absolute Gasteiger partial charge is 0.259 e. The van der Waals surface area contributed by atoms with Gasteiger partial charge in [0.15, 0.2) is 0 Å². The predicted octanol–water partition coefficient (Wildman–Crippen LogP) is 4.26. The van der Waals surface area contributed by atoms with E-state index in [0.717, 1.165) is 55.4 Å². The molecule has 1 aromatic heterocycles. The minimum atomic E-state index is -0.205. The third-order valence-corrected chi connectivity index (χ3v) is 5.99. The van der Waals surface area contributed by atoms with Gasteiger partial charge in [-0.2, -0.15) is 0 Å². The summed E-state index contributed by atoms with van der Waals surface area (Å²) in [5, 5.41) is 6.93. The molecule has 0 unspecified atom stereocenters. The molecule has 2 heterocycles. The van der Waals surface area contributed by atoms with Crippen molar-refractivity contribution in [2.24, 2.45) is 0 Å². The Morgan fingerprint density at radius 2 is 1.78 bits per heavy atom. The minimum absolute atomic E-state index is 0.205. The van der Waals surface area contributed by atoms with Gasteiger partial charge in [-0.1, -0.05) is 24.2 Å². The van der Waals surface area contributed by atoms with Gasteiger partial charge < -0.3 is 24.4 Å². The number of carbonyl (C=O) groups is 1. The van der Waals surface area contributed by atoms with Crippen LogP contribution < -0.4 is 15.0 Å². The van der Waals surface area contributed by atoms with Crippen molar-refractivity contribution in [3.63, 3.8) is 0 Å². The van der Waals surface area contributed by atoms with E-state index in [4.69, 9.17) is 9.26 Å². The molecule has 1 aliphatic rings. The Balaban J connectivity index is 1.40. The van der Waals surface area contributed by atoms with Crippen LogP contribution in [0.15, 0.2) is 53.1 Å². The number of nitrogens with one attached hydrogen (secondary N) is 1. The molecule has 7 nitrogen and oxygen atoms in total. The van der Waals surface area contributed by atoms with Crippen molar-refractivity contribution >= 4 is 17.3 Å². The van der Waals surface area contributed by atoms with E-state index in [1.807, 2.05) is 38.1 Å². The van der Waals surface area contributed by atoms with Crippen molar-refractivity contribution in [2.45, 2.75) is 27.4 Å². The highest BCUT2D eigenvalue weighted by Crippen LogP contribution is 2.24. The van der Waals surface area contributed by atoms with Crippen LogP contribution in [0.5, 0.6) is 5.75 Å². The molecule has 1 N–H and O–H groups in total. The molecule has 0 aliphatic carbocycles. The second kappa shape index (κ2) is 9.87.